The molecule has 106 valence electrons. The Kier molecular flexibility index (Phi) is 4.80. The largest absolute Gasteiger partial charge is 0.496 e. The molecule has 2 nitrogen and oxygen atoms in total. The van der Waals surface area contributed by atoms with Crippen LogP contribution in [0.5, 0.6) is 5.75 Å². The van der Waals surface area contributed by atoms with Gasteiger partial charge >= 0.3 is 0 Å². The molecule has 0 aromatic heterocycles. The van der Waals surface area contributed by atoms with E-state index in [4.69, 9.17) is 10.5 Å². The molecule has 0 saturated carbocycles. The predicted octanol–water partition coefficient (Wildman–Crippen LogP) is 4.00. The third-order valence-electron chi connectivity index (χ3n) is 3.64. The van der Waals surface area contributed by atoms with Crippen LogP contribution in [0.4, 0.5) is 0 Å². The van der Waals surface area contributed by atoms with E-state index < -0.39 is 0 Å². The van der Waals surface area contributed by atoms with Crippen LogP contribution < -0.4 is 10.5 Å². The molecular weight excluding hydrogens is 246 g/mol. The van der Waals surface area contributed by atoms with Crippen LogP contribution in [-0.2, 0) is 6.42 Å². The van der Waals surface area contributed by atoms with Crippen LogP contribution in [0.2, 0.25) is 0 Å². The van der Waals surface area contributed by atoms with Gasteiger partial charge in [-0.2, -0.15) is 0 Å². The maximum atomic E-state index is 6.40. The summed E-state index contributed by atoms with van der Waals surface area (Å²) in [6.45, 7) is 4.23. The Morgan fingerprint density at radius 3 is 2.55 bits per heavy atom. The highest BCUT2D eigenvalue weighted by Crippen LogP contribution is 2.26. The van der Waals surface area contributed by atoms with Gasteiger partial charge in [-0.05, 0) is 41.7 Å². The zero-order chi connectivity index (χ0) is 14.5. The van der Waals surface area contributed by atoms with Crippen molar-refractivity contribution in [1.82, 2.24) is 0 Å². The SMILES string of the molecule is CCCc1cccc(C(N)c2ccc(C)c(OC)c2)c1. The van der Waals surface area contributed by atoms with Crippen molar-refractivity contribution in [2.24, 2.45) is 5.73 Å². The summed E-state index contributed by atoms with van der Waals surface area (Å²) in [4.78, 5) is 0. The minimum absolute atomic E-state index is 0.110. The Morgan fingerprint density at radius 2 is 1.85 bits per heavy atom. The Hall–Kier alpha value is -1.80. The van der Waals surface area contributed by atoms with Crippen LogP contribution in [-0.4, -0.2) is 7.11 Å². The Labute approximate surface area is 121 Å². The van der Waals surface area contributed by atoms with Crippen molar-refractivity contribution in [3.63, 3.8) is 0 Å². The smallest absolute Gasteiger partial charge is 0.122 e. The standard InChI is InChI=1S/C18H23NO/c1-4-6-14-7-5-8-15(11-14)18(19)16-10-9-13(2)17(12-16)20-3/h5,7-12,18H,4,6,19H2,1-3H3. The first-order chi connectivity index (χ1) is 9.65. The minimum Gasteiger partial charge on any atom is -0.496 e. The van der Waals surface area contributed by atoms with E-state index in [-0.39, 0.29) is 6.04 Å². The highest BCUT2D eigenvalue weighted by Gasteiger charge is 2.11. The monoisotopic (exact) mass is 269 g/mol. The van der Waals surface area contributed by atoms with Crippen molar-refractivity contribution in [2.45, 2.75) is 32.7 Å². The molecule has 0 bridgehead atoms. The molecule has 1 unspecified atom stereocenters. The third-order valence-corrected chi connectivity index (χ3v) is 3.64. The van der Waals surface area contributed by atoms with Gasteiger partial charge in [-0.15, -0.1) is 0 Å². The van der Waals surface area contributed by atoms with Gasteiger partial charge in [0.15, 0.2) is 0 Å². The fraction of sp³-hybridized carbons (Fsp3) is 0.333. The molecule has 0 amide bonds. The van der Waals surface area contributed by atoms with Gasteiger partial charge in [-0.3, -0.25) is 0 Å². The molecule has 0 aliphatic carbocycles. The van der Waals surface area contributed by atoms with E-state index in [1.54, 1.807) is 7.11 Å². The molecule has 0 radical (unpaired) electrons. The zero-order valence-corrected chi connectivity index (χ0v) is 12.5. The number of hydrogen-bond donors (Lipinski definition) is 1. The summed E-state index contributed by atoms with van der Waals surface area (Å²) in [5.41, 5.74) is 11.1. The second kappa shape index (κ2) is 6.58. The highest BCUT2D eigenvalue weighted by molar-refractivity contribution is 5.41. The van der Waals surface area contributed by atoms with Gasteiger partial charge < -0.3 is 10.5 Å². The van der Waals surface area contributed by atoms with Gasteiger partial charge in [0, 0.05) is 0 Å². The van der Waals surface area contributed by atoms with Gasteiger partial charge in [0.25, 0.3) is 0 Å². The topological polar surface area (TPSA) is 35.2 Å². The first-order valence-electron chi connectivity index (χ1n) is 7.14. The summed E-state index contributed by atoms with van der Waals surface area (Å²) >= 11 is 0. The summed E-state index contributed by atoms with van der Waals surface area (Å²) in [6, 6.07) is 14.6. The third kappa shape index (κ3) is 3.20. The van der Waals surface area contributed by atoms with Crippen LogP contribution in [0.3, 0.4) is 0 Å². The molecule has 2 aromatic carbocycles. The van der Waals surface area contributed by atoms with E-state index in [1.165, 1.54) is 5.56 Å². The molecule has 0 aliphatic rings. The molecule has 2 N–H and O–H groups in total. The number of aryl methyl sites for hydroxylation is 2. The lowest BCUT2D eigenvalue weighted by Crippen LogP contribution is -2.12. The summed E-state index contributed by atoms with van der Waals surface area (Å²) < 4.78 is 5.38. The molecule has 2 rings (SSSR count). The predicted molar refractivity (Wildman–Crippen MR) is 84.2 cm³/mol. The highest BCUT2D eigenvalue weighted by atomic mass is 16.5. The Morgan fingerprint density at radius 1 is 1.10 bits per heavy atom. The normalized spacial score (nSPS) is 12.2. The van der Waals surface area contributed by atoms with Crippen molar-refractivity contribution >= 4 is 0 Å². The van der Waals surface area contributed by atoms with E-state index in [0.29, 0.717) is 0 Å². The van der Waals surface area contributed by atoms with Gasteiger partial charge in [0.1, 0.15) is 5.75 Å². The van der Waals surface area contributed by atoms with Crippen LogP contribution in [0.1, 0.15) is 41.6 Å². The van der Waals surface area contributed by atoms with Gasteiger partial charge in [0.05, 0.1) is 13.2 Å². The van der Waals surface area contributed by atoms with E-state index in [9.17, 15) is 0 Å². The van der Waals surface area contributed by atoms with Crippen LogP contribution in [0.15, 0.2) is 42.5 Å². The Bertz CT molecular complexity index is 577. The molecule has 2 heteroatoms. The van der Waals surface area contributed by atoms with E-state index in [0.717, 1.165) is 35.3 Å². The molecule has 2 aromatic rings. The lowest BCUT2D eigenvalue weighted by molar-refractivity contribution is 0.411. The summed E-state index contributed by atoms with van der Waals surface area (Å²) in [5, 5.41) is 0. The molecule has 0 fully saturated rings. The molecular formula is C18H23NO. The number of nitrogens with two attached hydrogens (primary N) is 1. The van der Waals surface area contributed by atoms with Crippen molar-refractivity contribution in [2.75, 3.05) is 7.11 Å². The molecule has 0 spiro atoms. The van der Waals surface area contributed by atoms with Crippen LogP contribution >= 0.6 is 0 Å². The summed E-state index contributed by atoms with van der Waals surface area (Å²) in [5.74, 6) is 0.891. The number of hydrogen-bond acceptors (Lipinski definition) is 2. The van der Waals surface area contributed by atoms with Gasteiger partial charge in [0.2, 0.25) is 0 Å². The maximum Gasteiger partial charge on any atom is 0.122 e. The van der Waals surface area contributed by atoms with Crippen LogP contribution in [0, 0.1) is 6.92 Å². The Balaban J connectivity index is 2.30. The quantitative estimate of drug-likeness (QED) is 0.890. The van der Waals surface area contributed by atoms with Gasteiger partial charge in [-0.1, -0.05) is 49.7 Å². The minimum atomic E-state index is -0.110. The van der Waals surface area contributed by atoms with E-state index in [1.807, 2.05) is 13.0 Å². The van der Waals surface area contributed by atoms with Gasteiger partial charge in [-0.25, -0.2) is 0 Å². The molecule has 20 heavy (non-hydrogen) atoms. The molecule has 1 atom stereocenters. The summed E-state index contributed by atoms with van der Waals surface area (Å²) in [7, 11) is 1.69. The van der Waals surface area contributed by atoms with Crippen molar-refractivity contribution in [3.8, 4) is 5.75 Å². The van der Waals surface area contributed by atoms with Crippen LogP contribution in [0.25, 0.3) is 0 Å². The maximum absolute atomic E-state index is 6.40. The number of rotatable bonds is 5. The second-order valence-electron chi connectivity index (χ2n) is 5.20. The van der Waals surface area contributed by atoms with E-state index in [2.05, 4.69) is 43.3 Å². The molecule has 0 saturated heterocycles. The van der Waals surface area contributed by atoms with Crippen molar-refractivity contribution < 1.29 is 4.74 Å². The molecule has 0 heterocycles. The first kappa shape index (κ1) is 14.6. The lowest BCUT2D eigenvalue weighted by Gasteiger charge is -2.16. The van der Waals surface area contributed by atoms with Crippen molar-refractivity contribution in [1.29, 1.82) is 0 Å². The molecule has 0 aliphatic heterocycles. The fourth-order valence-electron chi connectivity index (χ4n) is 2.45. The first-order valence-corrected chi connectivity index (χ1v) is 7.14. The van der Waals surface area contributed by atoms with Crippen molar-refractivity contribution in [3.05, 3.63) is 64.7 Å². The number of methoxy groups -OCH3 is 1. The average Bonchev–Trinajstić information content (AvgIpc) is 2.48. The van der Waals surface area contributed by atoms with E-state index >= 15 is 0 Å². The number of ether oxygens (including phenoxy) is 1. The second-order valence-corrected chi connectivity index (χ2v) is 5.20. The average molecular weight is 269 g/mol. The fourth-order valence-corrected chi connectivity index (χ4v) is 2.45. The number of benzene rings is 2. The lowest BCUT2D eigenvalue weighted by atomic mass is 9.96. The summed E-state index contributed by atoms with van der Waals surface area (Å²) in [6.07, 6.45) is 2.24. The zero-order valence-electron chi connectivity index (χ0n) is 12.5.